The lowest BCUT2D eigenvalue weighted by Crippen LogP contribution is -2.15. The van der Waals surface area contributed by atoms with Crippen LogP contribution < -0.4 is 5.32 Å². The van der Waals surface area contributed by atoms with Gasteiger partial charge >= 0.3 is 0 Å². The number of fused-ring (bicyclic) bond motifs is 1. The van der Waals surface area contributed by atoms with Gasteiger partial charge in [-0.25, -0.2) is 8.78 Å². The highest BCUT2D eigenvalue weighted by Gasteiger charge is 2.28. The Labute approximate surface area is 98.1 Å². The molecule has 86 valence electrons. The number of halogens is 2. The van der Waals surface area contributed by atoms with Crippen LogP contribution in [0.15, 0.2) is 42.5 Å². The molecule has 1 aliphatic heterocycles. The monoisotopic (exact) mass is 231 g/mol. The fourth-order valence-electron chi connectivity index (χ4n) is 2.35. The molecule has 0 spiro atoms. The molecular formula is C14H11F2N. The van der Waals surface area contributed by atoms with Gasteiger partial charge in [-0.1, -0.05) is 30.3 Å². The minimum Gasteiger partial charge on any atom is -0.302 e. The molecule has 0 aliphatic carbocycles. The Morgan fingerprint density at radius 3 is 2.53 bits per heavy atom. The number of benzene rings is 2. The van der Waals surface area contributed by atoms with E-state index in [4.69, 9.17) is 0 Å². The Morgan fingerprint density at radius 1 is 0.941 bits per heavy atom. The molecule has 1 unspecified atom stereocenters. The van der Waals surface area contributed by atoms with Gasteiger partial charge in [0.05, 0.1) is 6.04 Å². The fourth-order valence-corrected chi connectivity index (χ4v) is 2.35. The van der Waals surface area contributed by atoms with E-state index >= 15 is 0 Å². The van der Waals surface area contributed by atoms with Crippen molar-refractivity contribution in [2.45, 2.75) is 12.6 Å². The van der Waals surface area contributed by atoms with Gasteiger partial charge in [0.2, 0.25) is 0 Å². The normalized spacial score (nSPS) is 18.1. The lowest BCUT2D eigenvalue weighted by Gasteiger charge is -2.14. The van der Waals surface area contributed by atoms with E-state index in [0.29, 0.717) is 17.7 Å². The van der Waals surface area contributed by atoms with Gasteiger partial charge in [-0.2, -0.15) is 0 Å². The zero-order valence-corrected chi connectivity index (χ0v) is 9.08. The van der Waals surface area contributed by atoms with E-state index in [1.807, 2.05) is 6.07 Å². The maximum absolute atomic E-state index is 13.8. The summed E-state index contributed by atoms with van der Waals surface area (Å²) in [6.45, 7) is 0.575. The standard InChI is InChI=1S/C14H11F2N/c15-11-6-2-1-5-10(11)14-13-9(8-17-14)4-3-7-12(13)16/h1-7,14,17H,8H2. The zero-order valence-electron chi connectivity index (χ0n) is 9.08. The summed E-state index contributed by atoms with van der Waals surface area (Å²) in [5, 5.41) is 3.14. The van der Waals surface area contributed by atoms with Crippen molar-refractivity contribution >= 4 is 0 Å². The molecule has 0 saturated carbocycles. The van der Waals surface area contributed by atoms with Crippen LogP contribution in [0.4, 0.5) is 8.78 Å². The number of hydrogen-bond acceptors (Lipinski definition) is 1. The van der Waals surface area contributed by atoms with Gasteiger partial charge in [0, 0.05) is 17.7 Å². The SMILES string of the molecule is Fc1ccccc1C1NCc2cccc(F)c21. The predicted molar refractivity (Wildman–Crippen MR) is 61.5 cm³/mol. The second-order valence-corrected chi connectivity index (χ2v) is 4.15. The van der Waals surface area contributed by atoms with Crippen molar-refractivity contribution < 1.29 is 8.78 Å². The van der Waals surface area contributed by atoms with E-state index in [1.54, 1.807) is 24.3 Å². The number of hydrogen-bond donors (Lipinski definition) is 1. The smallest absolute Gasteiger partial charge is 0.128 e. The Hall–Kier alpha value is -1.74. The summed E-state index contributed by atoms with van der Waals surface area (Å²) < 4.78 is 27.5. The topological polar surface area (TPSA) is 12.0 Å². The molecule has 1 nitrogen and oxygen atoms in total. The van der Waals surface area contributed by atoms with E-state index in [1.165, 1.54) is 12.1 Å². The first-order valence-electron chi connectivity index (χ1n) is 5.52. The van der Waals surface area contributed by atoms with Crippen molar-refractivity contribution in [1.29, 1.82) is 0 Å². The molecule has 3 heteroatoms. The van der Waals surface area contributed by atoms with Gasteiger partial charge in [0.1, 0.15) is 11.6 Å². The first-order valence-corrected chi connectivity index (χ1v) is 5.52. The van der Waals surface area contributed by atoms with Gasteiger partial charge < -0.3 is 5.32 Å². The largest absolute Gasteiger partial charge is 0.302 e. The Kier molecular flexibility index (Phi) is 2.41. The minimum atomic E-state index is -0.382. The fraction of sp³-hybridized carbons (Fsp3) is 0.143. The lowest BCUT2D eigenvalue weighted by atomic mass is 9.97. The van der Waals surface area contributed by atoms with E-state index in [9.17, 15) is 8.78 Å². The van der Waals surface area contributed by atoms with Crippen molar-refractivity contribution in [2.24, 2.45) is 0 Å². The molecule has 0 aromatic heterocycles. The second kappa shape index (κ2) is 3.93. The highest BCUT2D eigenvalue weighted by molar-refractivity contribution is 5.42. The average Bonchev–Trinajstić information content (AvgIpc) is 2.75. The van der Waals surface area contributed by atoms with Crippen LogP contribution in [0.3, 0.4) is 0 Å². The third-order valence-corrected chi connectivity index (χ3v) is 3.14. The molecule has 1 atom stereocenters. The summed E-state index contributed by atoms with van der Waals surface area (Å²) in [6.07, 6.45) is 0. The van der Waals surface area contributed by atoms with Crippen LogP contribution >= 0.6 is 0 Å². The van der Waals surface area contributed by atoms with Gasteiger partial charge in [0.25, 0.3) is 0 Å². The third-order valence-electron chi connectivity index (χ3n) is 3.14. The van der Waals surface area contributed by atoms with Gasteiger partial charge in [-0.3, -0.25) is 0 Å². The molecule has 2 aromatic rings. The maximum atomic E-state index is 13.8. The van der Waals surface area contributed by atoms with E-state index < -0.39 is 0 Å². The van der Waals surface area contributed by atoms with Crippen LogP contribution in [0.2, 0.25) is 0 Å². The van der Waals surface area contributed by atoms with Crippen LogP contribution in [0.5, 0.6) is 0 Å². The molecule has 0 radical (unpaired) electrons. The molecule has 1 heterocycles. The quantitative estimate of drug-likeness (QED) is 0.795. The lowest BCUT2D eigenvalue weighted by molar-refractivity contribution is 0.552. The number of rotatable bonds is 1. The predicted octanol–water partition coefficient (Wildman–Crippen LogP) is 3.16. The molecular weight excluding hydrogens is 220 g/mol. The molecule has 0 fully saturated rings. The van der Waals surface area contributed by atoms with Crippen LogP contribution in [0.1, 0.15) is 22.7 Å². The third kappa shape index (κ3) is 1.63. The molecule has 3 rings (SSSR count). The minimum absolute atomic E-state index is 0.277. The molecule has 0 bridgehead atoms. The van der Waals surface area contributed by atoms with Gasteiger partial charge in [0.15, 0.2) is 0 Å². The zero-order chi connectivity index (χ0) is 11.8. The molecule has 17 heavy (non-hydrogen) atoms. The highest BCUT2D eigenvalue weighted by Crippen LogP contribution is 2.33. The molecule has 0 saturated heterocycles. The van der Waals surface area contributed by atoms with Crippen LogP contribution in [-0.2, 0) is 6.54 Å². The Bertz CT molecular complexity index is 566. The Balaban J connectivity index is 2.13. The first kappa shape index (κ1) is 10.4. The van der Waals surface area contributed by atoms with E-state index in [-0.39, 0.29) is 17.7 Å². The molecule has 2 aromatic carbocycles. The van der Waals surface area contributed by atoms with Gasteiger partial charge in [-0.15, -0.1) is 0 Å². The molecule has 0 amide bonds. The van der Waals surface area contributed by atoms with Crippen LogP contribution in [0, 0.1) is 11.6 Å². The van der Waals surface area contributed by atoms with E-state index in [2.05, 4.69) is 5.32 Å². The second-order valence-electron chi connectivity index (χ2n) is 4.15. The molecule has 1 aliphatic rings. The summed E-state index contributed by atoms with van der Waals surface area (Å²) in [6, 6.07) is 11.1. The van der Waals surface area contributed by atoms with Crippen molar-refractivity contribution in [2.75, 3.05) is 0 Å². The van der Waals surface area contributed by atoms with Gasteiger partial charge in [-0.05, 0) is 17.7 Å². The molecule has 1 N–H and O–H groups in total. The summed E-state index contributed by atoms with van der Waals surface area (Å²) in [7, 11) is 0. The summed E-state index contributed by atoms with van der Waals surface area (Å²) in [5.74, 6) is -0.582. The summed E-state index contributed by atoms with van der Waals surface area (Å²) >= 11 is 0. The van der Waals surface area contributed by atoms with E-state index in [0.717, 1.165) is 5.56 Å². The average molecular weight is 231 g/mol. The van der Waals surface area contributed by atoms with Crippen molar-refractivity contribution in [3.8, 4) is 0 Å². The van der Waals surface area contributed by atoms with Crippen molar-refractivity contribution in [3.63, 3.8) is 0 Å². The van der Waals surface area contributed by atoms with Crippen LogP contribution in [0.25, 0.3) is 0 Å². The van der Waals surface area contributed by atoms with Crippen molar-refractivity contribution in [3.05, 3.63) is 70.8 Å². The number of nitrogens with one attached hydrogen (secondary N) is 1. The summed E-state index contributed by atoms with van der Waals surface area (Å²) in [4.78, 5) is 0. The highest BCUT2D eigenvalue weighted by atomic mass is 19.1. The van der Waals surface area contributed by atoms with Crippen molar-refractivity contribution in [1.82, 2.24) is 5.32 Å². The maximum Gasteiger partial charge on any atom is 0.128 e. The van der Waals surface area contributed by atoms with Crippen LogP contribution in [-0.4, -0.2) is 0 Å². The Morgan fingerprint density at radius 2 is 1.71 bits per heavy atom. The summed E-state index contributed by atoms with van der Waals surface area (Å²) in [5.41, 5.74) is 1.97. The first-order chi connectivity index (χ1) is 8.27.